The molecule has 1 saturated heterocycles. The third kappa shape index (κ3) is 2.59. The molecule has 0 saturated carbocycles. The van der Waals surface area contributed by atoms with E-state index in [2.05, 4.69) is 10.3 Å². The van der Waals surface area contributed by atoms with Gasteiger partial charge in [0, 0.05) is 12.2 Å². The Morgan fingerprint density at radius 3 is 2.88 bits per heavy atom. The van der Waals surface area contributed by atoms with Crippen LogP contribution in [0, 0.1) is 0 Å². The predicted octanol–water partition coefficient (Wildman–Crippen LogP) is 2.21. The standard InChI is InChI=1S/C10H13F4N3/c11-9(12)10(13,14)5-17-6-15-4-8(17)7-2-1-3-16-7/h4,6-7,9,16H,1-3,5H2. The Hall–Kier alpha value is -1.11. The molecular weight excluding hydrogens is 238 g/mol. The molecule has 3 nitrogen and oxygen atoms in total. The van der Waals surface area contributed by atoms with Crippen LogP contribution in [0.25, 0.3) is 0 Å². The molecule has 17 heavy (non-hydrogen) atoms. The maximum Gasteiger partial charge on any atom is 0.324 e. The zero-order valence-corrected chi connectivity index (χ0v) is 9.04. The van der Waals surface area contributed by atoms with Gasteiger partial charge in [-0.2, -0.15) is 8.78 Å². The Balaban J connectivity index is 2.14. The van der Waals surface area contributed by atoms with Crippen LogP contribution in [0.1, 0.15) is 24.6 Å². The van der Waals surface area contributed by atoms with E-state index < -0.39 is 18.9 Å². The minimum atomic E-state index is -4.02. The van der Waals surface area contributed by atoms with E-state index in [9.17, 15) is 17.6 Å². The molecule has 1 atom stereocenters. The topological polar surface area (TPSA) is 29.9 Å². The maximum absolute atomic E-state index is 13.0. The number of rotatable bonds is 4. The molecule has 1 fully saturated rings. The molecule has 1 aliphatic rings. The van der Waals surface area contributed by atoms with Crippen LogP contribution in [0.3, 0.4) is 0 Å². The highest BCUT2D eigenvalue weighted by Crippen LogP contribution is 2.28. The van der Waals surface area contributed by atoms with Crippen molar-refractivity contribution in [1.82, 2.24) is 14.9 Å². The van der Waals surface area contributed by atoms with Gasteiger partial charge in [-0.05, 0) is 19.4 Å². The van der Waals surface area contributed by atoms with Crippen molar-refractivity contribution < 1.29 is 17.6 Å². The highest BCUT2D eigenvalue weighted by atomic mass is 19.3. The molecule has 1 aromatic heterocycles. The van der Waals surface area contributed by atoms with E-state index >= 15 is 0 Å². The Kier molecular flexibility index (Phi) is 3.37. The quantitative estimate of drug-likeness (QED) is 0.831. The molecule has 0 spiro atoms. The summed E-state index contributed by atoms with van der Waals surface area (Å²) in [6, 6.07) is -0.0639. The first kappa shape index (κ1) is 12.3. The van der Waals surface area contributed by atoms with Crippen molar-refractivity contribution in [2.45, 2.75) is 37.8 Å². The van der Waals surface area contributed by atoms with Gasteiger partial charge >= 0.3 is 12.3 Å². The molecular formula is C10H13F4N3. The van der Waals surface area contributed by atoms with Crippen LogP contribution in [-0.2, 0) is 6.54 Å². The molecule has 0 amide bonds. The zero-order chi connectivity index (χ0) is 12.5. The summed E-state index contributed by atoms with van der Waals surface area (Å²) in [6.45, 7) is -0.223. The van der Waals surface area contributed by atoms with Crippen LogP contribution in [-0.4, -0.2) is 28.4 Å². The predicted molar refractivity (Wildman–Crippen MR) is 53.2 cm³/mol. The van der Waals surface area contributed by atoms with E-state index in [0.717, 1.165) is 24.0 Å². The van der Waals surface area contributed by atoms with Gasteiger partial charge in [0.05, 0.1) is 18.6 Å². The van der Waals surface area contributed by atoms with Crippen molar-refractivity contribution in [2.24, 2.45) is 0 Å². The SMILES string of the molecule is FC(F)C(F)(F)Cn1cncc1C1CCCN1. The molecule has 1 unspecified atom stereocenters. The second kappa shape index (κ2) is 4.64. The summed E-state index contributed by atoms with van der Waals surface area (Å²) in [5, 5.41) is 3.12. The number of hydrogen-bond acceptors (Lipinski definition) is 2. The van der Waals surface area contributed by atoms with Crippen molar-refractivity contribution in [3.05, 3.63) is 18.2 Å². The number of hydrogen-bond donors (Lipinski definition) is 1. The smallest absolute Gasteiger partial charge is 0.324 e. The van der Waals surface area contributed by atoms with Crippen molar-refractivity contribution >= 4 is 0 Å². The average Bonchev–Trinajstić information content (AvgIpc) is 2.85. The molecule has 7 heteroatoms. The third-order valence-electron chi connectivity index (χ3n) is 2.86. The van der Waals surface area contributed by atoms with Crippen LogP contribution in [0.4, 0.5) is 17.6 Å². The second-order valence-electron chi connectivity index (χ2n) is 4.16. The van der Waals surface area contributed by atoms with Crippen molar-refractivity contribution in [3.63, 3.8) is 0 Å². The molecule has 0 aromatic carbocycles. The van der Waals surface area contributed by atoms with E-state index in [0.29, 0.717) is 5.69 Å². The van der Waals surface area contributed by atoms with Gasteiger partial charge in [-0.15, -0.1) is 0 Å². The summed E-state index contributed by atoms with van der Waals surface area (Å²) in [7, 11) is 0. The normalized spacial score (nSPS) is 21.4. The summed E-state index contributed by atoms with van der Waals surface area (Å²) < 4.78 is 51.2. The van der Waals surface area contributed by atoms with Crippen LogP contribution >= 0.6 is 0 Å². The Morgan fingerprint density at radius 2 is 2.29 bits per heavy atom. The molecule has 1 aromatic rings. The lowest BCUT2D eigenvalue weighted by Gasteiger charge is -2.19. The molecule has 1 N–H and O–H groups in total. The summed E-state index contributed by atoms with van der Waals surface area (Å²) in [6.07, 6.45) is 0.720. The van der Waals surface area contributed by atoms with Gasteiger partial charge in [-0.3, -0.25) is 0 Å². The Labute approximate surface area is 95.8 Å². The molecule has 96 valence electrons. The molecule has 2 heterocycles. The van der Waals surface area contributed by atoms with Gasteiger partial charge in [0.1, 0.15) is 0 Å². The van der Waals surface area contributed by atoms with Crippen LogP contribution < -0.4 is 5.32 Å². The molecule has 0 radical (unpaired) electrons. The van der Waals surface area contributed by atoms with Crippen LogP contribution in [0.2, 0.25) is 0 Å². The van der Waals surface area contributed by atoms with Crippen LogP contribution in [0.15, 0.2) is 12.5 Å². The molecule has 2 rings (SSSR count). The minimum absolute atomic E-state index is 0.0639. The van der Waals surface area contributed by atoms with Gasteiger partial charge in [-0.1, -0.05) is 0 Å². The van der Waals surface area contributed by atoms with E-state index in [-0.39, 0.29) is 6.04 Å². The Bertz CT molecular complexity index is 371. The first-order valence-electron chi connectivity index (χ1n) is 5.40. The average molecular weight is 251 g/mol. The van der Waals surface area contributed by atoms with E-state index in [1.165, 1.54) is 12.5 Å². The van der Waals surface area contributed by atoms with E-state index in [1.807, 2.05) is 0 Å². The summed E-state index contributed by atoms with van der Waals surface area (Å²) in [4.78, 5) is 3.75. The number of nitrogens with zero attached hydrogens (tertiary/aromatic N) is 2. The summed E-state index contributed by atoms with van der Waals surface area (Å²) >= 11 is 0. The molecule has 1 aliphatic heterocycles. The maximum atomic E-state index is 13.0. The largest absolute Gasteiger partial charge is 0.327 e. The van der Waals surface area contributed by atoms with Crippen molar-refractivity contribution in [1.29, 1.82) is 0 Å². The fraction of sp³-hybridized carbons (Fsp3) is 0.700. The fourth-order valence-electron chi connectivity index (χ4n) is 1.99. The number of alkyl halides is 4. The van der Waals surface area contributed by atoms with E-state index in [4.69, 9.17) is 0 Å². The number of aromatic nitrogens is 2. The fourth-order valence-corrected chi connectivity index (χ4v) is 1.99. The van der Waals surface area contributed by atoms with Crippen molar-refractivity contribution in [2.75, 3.05) is 6.54 Å². The lowest BCUT2D eigenvalue weighted by atomic mass is 10.1. The van der Waals surface area contributed by atoms with Gasteiger partial charge in [0.25, 0.3) is 0 Å². The first-order chi connectivity index (χ1) is 8.00. The van der Waals surface area contributed by atoms with Gasteiger partial charge in [-0.25, -0.2) is 13.8 Å². The molecule has 0 aliphatic carbocycles. The van der Waals surface area contributed by atoms with E-state index in [1.54, 1.807) is 0 Å². The van der Waals surface area contributed by atoms with Gasteiger partial charge in [0.15, 0.2) is 0 Å². The second-order valence-corrected chi connectivity index (χ2v) is 4.16. The minimum Gasteiger partial charge on any atom is -0.327 e. The number of halogens is 4. The number of imidazole rings is 1. The number of nitrogens with one attached hydrogen (secondary N) is 1. The van der Waals surface area contributed by atoms with Gasteiger partial charge in [0.2, 0.25) is 0 Å². The van der Waals surface area contributed by atoms with Gasteiger partial charge < -0.3 is 9.88 Å². The highest BCUT2D eigenvalue weighted by molar-refractivity contribution is 5.07. The summed E-state index contributed by atoms with van der Waals surface area (Å²) in [5.41, 5.74) is 0.544. The Morgan fingerprint density at radius 1 is 1.53 bits per heavy atom. The zero-order valence-electron chi connectivity index (χ0n) is 9.04. The lowest BCUT2D eigenvalue weighted by molar-refractivity contribution is -0.138. The lowest BCUT2D eigenvalue weighted by Crippen LogP contribution is -2.33. The first-order valence-corrected chi connectivity index (χ1v) is 5.40. The molecule has 0 bridgehead atoms. The van der Waals surface area contributed by atoms with Crippen LogP contribution in [0.5, 0.6) is 0 Å². The summed E-state index contributed by atoms with van der Waals surface area (Å²) in [5.74, 6) is -4.02. The highest BCUT2D eigenvalue weighted by Gasteiger charge is 2.41. The monoisotopic (exact) mass is 251 g/mol. The van der Waals surface area contributed by atoms with Crippen molar-refractivity contribution in [3.8, 4) is 0 Å². The third-order valence-corrected chi connectivity index (χ3v) is 2.86.